The molecule has 0 saturated carbocycles. The maximum absolute atomic E-state index is 8.53. The molecule has 0 aliphatic heterocycles. The van der Waals surface area contributed by atoms with Crippen molar-refractivity contribution in [2.75, 3.05) is 13.2 Å². The van der Waals surface area contributed by atoms with Gasteiger partial charge in [0.15, 0.2) is 0 Å². The van der Waals surface area contributed by atoms with Gasteiger partial charge in [-0.3, -0.25) is 0 Å². The van der Waals surface area contributed by atoms with Crippen LogP contribution in [0.3, 0.4) is 0 Å². The lowest BCUT2D eigenvalue weighted by molar-refractivity contribution is 0.115. The Balaban J connectivity index is 2.96. The average molecular weight is 211 g/mol. The van der Waals surface area contributed by atoms with Gasteiger partial charge in [0.25, 0.3) is 0 Å². The van der Waals surface area contributed by atoms with Gasteiger partial charge in [0.05, 0.1) is 18.6 Å². The van der Waals surface area contributed by atoms with Crippen LogP contribution in [0.1, 0.15) is 58.8 Å². The molecule has 0 aliphatic carbocycles. The largest absolute Gasteiger partial charge is 0.380 e. The van der Waals surface area contributed by atoms with Crippen molar-refractivity contribution in [2.24, 2.45) is 5.92 Å². The zero-order valence-electron chi connectivity index (χ0n) is 10.3. The van der Waals surface area contributed by atoms with Crippen LogP contribution < -0.4 is 0 Å². The maximum atomic E-state index is 8.53. The van der Waals surface area contributed by atoms with Crippen LogP contribution in [0.15, 0.2) is 0 Å². The van der Waals surface area contributed by atoms with Crippen molar-refractivity contribution in [3.63, 3.8) is 0 Å². The first-order valence-electron chi connectivity index (χ1n) is 6.28. The molecular weight excluding hydrogens is 186 g/mol. The second kappa shape index (κ2) is 11.5. The smallest absolute Gasteiger partial charge is 0.0677 e. The van der Waals surface area contributed by atoms with Crippen LogP contribution in [0.5, 0.6) is 0 Å². The van der Waals surface area contributed by atoms with Crippen LogP contribution in [-0.2, 0) is 4.74 Å². The lowest BCUT2D eigenvalue weighted by Gasteiger charge is -2.05. The van der Waals surface area contributed by atoms with Crippen LogP contribution in [0.4, 0.5) is 0 Å². The van der Waals surface area contributed by atoms with Crippen molar-refractivity contribution in [1.82, 2.24) is 0 Å². The van der Waals surface area contributed by atoms with Gasteiger partial charge in [-0.15, -0.1) is 0 Å². The predicted molar refractivity (Wildman–Crippen MR) is 63.6 cm³/mol. The van der Waals surface area contributed by atoms with E-state index in [1.807, 2.05) is 6.92 Å². The fourth-order valence-corrected chi connectivity index (χ4v) is 1.46. The first-order valence-corrected chi connectivity index (χ1v) is 6.28. The maximum Gasteiger partial charge on any atom is 0.0677 e. The lowest BCUT2D eigenvalue weighted by Crippen LogP contribution is -2.04. The molecule has 0 spiro atoms. The topological polar surface area (TPSA) is 33.0 Å². The third-order valence-corrected chi connectivity index (χ3v) is 2.48. The zero-order chi connectivity index (χ0) is 11.4. The molecule has 0 bridgehead atoms. The van der Waals surface area contributed by atoms with E-state index in [4.69, 9.17) is 10.00 Å². The average Bonchev–Trinajstić information content (AvgIpc) is 2.26. The Morgan fingerprint density at radius 1 is 1.07 bits per heavy atom. The van der Waals surface area contributed by atoms with Crippen molar-refractivity contribution in [3.05, 3.63) is 0 Å². The molecule has 0 rings (SSSR count). The molecular formula is C13H25NO. The third kappa shape index (κ3) is 11.4. The molecule has 0 N–H and O–H groups in total. The summed E-state index contributed by atoms with van der Waals surface area (Å²) in [6.07, 6.45) is 9.17. The molecule has 0 fully saturated rings. The van der Waals surface area contributed by atoms with E-state index in [-0.39, 0.29) is 5.92 Å². The fraction of sp³-hybridized carbons (Fsp3) is 0.923. The molecule has 2 nitrogen and oxygen atoms in total. The molecule has 0 aromatic rings. The summed E-state index contributed by atoms with van der Waals surface area (Å²) < 4.78 is 5.39. The lowest BCUT2D eigenvalue weighted by atomic mass is 10.1. The van der Waals surface area contributed by atoms with Crippen LogP contribution in [0, 0.1) is 17.2 Å². The van der Waals surface area contributed by atoms with Gasteiger partial charge in [-0.2, -0.15) is 5.26 Å². The predicted octanol–water partition coefficient (Wildman–Crippen LogP) is 3.91. The second-order valence-corrected chi connectivity index (χ2v) is 4.23. The summed E-state index contributed by atoms with van der Waals surface area (Å²) in [5.74, 6) is 0.0366. The van der Waals surface area contributed by atoms with Crippen molar-refractivity contribution in [1.29, 1.82) is 5.26 Å². The van der Waals surface area contributed by atoms with Gasteiger partial charge < -0.3 is 4.74 Å². The molecule has 1 unspecified atom stereocenters. The minimum absolute atomic E-state index is 0.0366. The molecule has 2 heteroatoms. The molecule has 0 heterocycles. The van der Waals surface area contributed by atoms with Gasteiger partial charge in [-0.05, 0) is 13.3 Å². The van der Waals surface area contributed by atoms with Crippen molar-refractivity contribution in [2.45, 2.75) is 58.8 Å². The van der Waals surface area contributed by atoms with Gasteiger partial charge >= 0.3 is 0 Å². The molecule has 0 amide bonds. The van der Waals surface area contributed by atoms with E-state index in [0.29, 0.717) is 6.61 Å². The number of nitrogens with zero attached hydrogens (tertiary/aromatic N) is 1. The number of unbranched alkanes of at least 4 members (excludes halogenated alkanes) is 6. The SMILES string of the molecule is CCCCCCCCCOCC(C)C#N. The monoisotopic (exact) mass is 211 g/mol. The Hall–Kier alpha value is -0.550. The quantitative estimate of drug-likeness (QED) is 0.513. The number of ether oxygens (including phenoxy) is 1. The van der Waals surface area contributed by atoms with E-state index in [1.54, 1.807) is 0 Å². The van der Waals surface area contributed by atoms with E-state index >= 15 is 0 Å². The van der Waals surface area contributed by atoms with Gasteiger partial charge in [-0.25, -0.2) is 0 Å². The van der Waals surface area contributed by atoms with Crippen LogP contribution in [0.2, 0.25) is 0 Å². The van der Waals surface area contributed by atoms with Gasteiger partial charge in [0, 0.05) is 6.61 Å². The normalized spacial score (nSPS) is 12.3. The Kier molecular flexibility index (Phi) is 11.1. The summed E-state index contributed by atoms with van der Waals surface area (Å²) in [5, 5.41) is 8.53. The molecule has 88 valence electrons. The Morgan fingerprint density at radius 2 is 1.67 bits per heavy atom. The molecule has 0 aromatic carbocycles. The molecule has 0 aromatic heterocycles. The Bertz CT molecular complexity index is 162. The summed E-state index contributed by atoms with van der Waals surface area (Å²) in [6.45, 7) is 5.54. The number of nitriles is 1. The Labute approximate surface area is 94.6 Å². The van der Waals surface area contributed by atoms with E-state index in [1.165, 1.54) is 38.5 Å². The highest BCUT2D eigenvalue weighted by molar-refractivity contribution is 4.77. The van der Waals surface area contributed by atoms with Crippen LogP contribution in [-0.4, -0.2) is 13.2 Å². The van der Waals surface area contributed by atoms with E-state index in [9.17, 15) is 0 Å². The molecule has 0 radical (unpaired) electrons. The molecule has 1 atom stereocenters. The molecule has 0 aliphatic rings. The first-order chi connectivity index (χ1) is 7.31. The highest BCUT2D eigenvalue weighted by atomic mass is 16.5. The van der Waals surface area contributed by atoms with Crippen molar-refractivity contribution in [3.8, 4) is 6.07 Å². The van der Waals surface area contributed by atoms with Crippen LogP contribution >= 0.6 is 0 Å². The highest BCUT2D eigenvalue weighted by Crippen LogP contribution is 2.07. The number of hydrogen-bond donors (Lipinski definition) is 0. The molecule has 15 heavy (non-hydrogen) atoms. The standard InChI is InChI=1S/C13H25NO/c1-3-4-5-6-7-8-9-10-15-12-13(2)11-14/h13H,3-10,12H2,1-2H3. The minimum Gasteiger partial charge on any atom is -0.380 e. The van der Waals surface area contributed by atoms with E-state index in [0.717, 1.165) is 13.0 Å². The second-order valence-electron chi connectivity index (χ2n) is 4.23. The van der Waals surface area contributed by atoms with Gasteiger partial charge in [-0.1, -0.05) is 45.4 Å². The third-order valence-electron chi connectivity index (χ3n) is 2.48. The van der Waals surface area contributed by atoms with Crippen LogP contribution in [0.25, 0.3) is 0 Å². The number of rotatable bonds is 10. The van der Waals surface area contributed by atoms with Crippen molar-refractivity contribution >= 4 is 0 Å². The summed E-state index contributed by atoms with van der Waals surface area (Å²) >= 11 is 0. The fourth-order valence-electron chi connectivity index (χ4n) is 1.46. The summed E-state index contributed by atoms with van der Waals surface area (Å²) in [7, 11) is 0. The molecule has 0 saturated heterocycles. The van der Waals surface area contributed by atoms with E-state index in [2.05, 4.69) is 13.0 Å². The number of hydrogen-bond acceptors (Lipinski definition) is 2. The van der Waals surface area contributed by atoms with Gasteiger partial charge in [0.1, 0.15) is 0 Å². The summed E-state index contributed by atoms with van der Waals surface area (Å²) in [4.78, 5) is 0. The highest BCUT2D eigenvalue weighted by Gasteiger charge is 1.98. The van der Waals surface area contributed by atoms with E-state index < -0.39 is 0 Å². The minimum atomic E-state index is 0.0366. The van der Waals surface area contributed by atoms with Crippen molar-refractivity contribution < 1.29 is 4.74 Å². The first kappa shape index (κ1) is 14.5. The van der Waals surface area contributed by atoms with Gasteiger partial charge in [0.2, 0.25) is 0 Å². The summed E-state index contributed by atoms with van der Waals surface area (Å²) in [5.41, 5.74) is 0. The Morgan fingerprint density at radius 3 is 2.27 bits per heavy atom. The zero-order valence-corrected chi connectivity index (χ0v) is 10.3. The summed E-state index contributed by atoms with van der Waals surface area (Å²) in [6, 6.07) is 2.17.